The maximum absolute atomic E-state index is 13.2. The number of methoxy groups -OCH3 is 2. The third-order valence-corrected chi connectivity index (χ3v) is 6.06. The summed E-state index contributed by atoms with van der Waals surface area (Å²) in [7, 11) is 2.45. The number of carbonyl (C=O) groups is 3. The Bertz CT molecular complexity index is 846. The van der Waals surface area contributed by atoms with Crippen LogP contribution in [0, 0.1) is 5.41 Å². The zero-order valence-corrected chi connectivity index (χ0v) is 17.5. The second-order valence-electron chi connectivity index (χ2n) is 7.01. The van der Waals surface area contributed by atoms with Crippen LogP contribution in [-0.4, -0.2) is 31.9 Å². The van der Waals surface area contributed by atoms with Gasteiger partial charge in [-0.1, -0.05) is 47.5 Å². The van der Waals surface area contributed by atoms with Gasteiger partial charge in [0.25, 0.3) is 0 Å². The van der Waals surface area contributed by atoms with Gasteiger partial charge in [0, 0.05) is 34.7 Å². The van der Waals surface area contributed by atoms with Crippen LogP contribution in [0.1, 0.15) is 35.8 Å². The van der Waals surface area contributed by atoms with E-state index in [1.54, 1.807) is 48.5 Å². The average Bonchev–Trinajstić information content (AvgIpc) is 2.73. The number of hydrogen-bond acceptors (Lipinski definition) is 5. The molecular weight excluding hydrogens is 415 g/mol. The summed E-state index contributed by atoms with van der Waals surface area (Å²) >= 11 is 12.0. The van der Waals surface area contributed by atoms with E-state index in [-0.39, 0.29) is 18.6 Å². The molecule has 1 aliphatic carbocycles. The third kappa shape index (κ3) is 3.77. The van der Waals surface area contributed by atoms with Crippen molar-refractivity contribution in [3.8, 4) is 0 Å². The highest BCUT2D eigenvalue weighted by Crippen LogP contribution is 2.55. The molecule has 0 radical (unpaired) electrons. The van der Waals surface area contributed by atoms with Gasteiger partial charge in [-0.15, -0.1) is 0 Å². The Morgan fingerprint density at radius 3 is 1.45 bits per heavy atom. The number of halogens is 2. The predicted molar refractivity (Wildman–Crippen MR) is 109 cm³/mol. The van der Waals surface area contributed by atoms with E-state index in [1.807, 2.05) is 0 Å². The second kappa shape index (κ2) is 8.56. The first-order chi connectivity index (χ1) is 13.8. The summed E-state index contributed by atoms with van der Waals surface area (Å²) in [6, 6.07) is 13.5. The summed E-state index contributed by atoms with van der Waals surface area (Å²) in [4.78, 5) is 39.1. The topological polar surface area (TPSA) is 69.7 Å². The van der Waals surface area contributed by atoms with Crippen LogP contribution in [0.5, 0.6) is 0 Å². The molecule has 1 saturated carbocycles. The molecule has 2 unspecified atom stereocenters. The van der Waals surface area contributed by atoms with Gasteiger partial charge in [0.15, 0.2) is 5.41 Å². The first-order valence-electron chi connectivity index (χ1n) is 9.04. The molecule has 1 aliphatic rings. The highest BCUT2D eigenvalue weighted by atomic mass is 35.5. The highest BCUT2D eigenvalue weighted by molar-refractivity contribution is 6.30. The van der Waals surface area contributed by atoms with Gasteiger partial charge in [0.1, 0.15) is 5.78 Å². The Balaban J connectivity index is 2.28. The minimum atomic E-state index is -1.72. The molecule has 2 aromatic carbocycles. The Hall–Kier alpha value is -2.37. The van der Waals surface area contributed by atoms with E-state index in [0.29, 0.717) is 21.2 Å². The third-order valence-electron chi connectivity index (χ3n) is 5.55. The largest absolute Gasteiger partial charge is 0.468 e. The second-order valence-corrected chi connectivity index (χ2v) is 7.88. The van der Waals surface area contributed by atoms with Gasteiger partial charge in [-0.25, -0.2) is 0 Å². The zero-order chi connectivity index (χ0) is 21.2. The van der Waals surface area contributed by atoms with E-state index < -0.39 is 29.2 Å². The van der Waals surface area contributed by atoms with Crippen molar-refractivity contribution in [2.24, 2.45) is 5.41 Å². The van der Waals surface area contributed by atoms with Gasteiger partial charge < -0.3 is 9.47 Å². The van der Waals surface area contributed by atoms with E-state index in [1.165, 1.54) is 14.2 Å². The maximum atomic E-state index is 13.2. The van der Waals surface area contributed by atoms with Crippen LogP contribution in [0.25, 0.3) is 0 Å². The molecule has 0 saturated heterocycles. The molecule has 5 nitrogen and oxygen atoms in total. The normalized spacial score (nSPS) is 20.8. The van der Waals surface area contributed by atoms with Crippen LogP contribution >= 0.6 is 23.2 Å². The van der Waals surface area contributed by atoms with Crippen LogP contribution in [0.3, 0.4) is 0 Å². The van der Waals surface area contributed by atoms with E-state index >= 15 is 0 Å². The lowest BCUT2D eigenvalue weighted by Gasteiger charge is -2.44. The van der Waals surface area contributed by atoms with Crippen LogP contribution in [-0.2, 0) is 23.9 Å². The maximum Gasteiger partial charge on any atom is 0.324 e. The van der Waals surface area contributed by atoms with Gasteiger partial charge in [-0.3, -0.25) is 14.4 Å². The molecule has 3 rings (SSSR count). The molecule has 152 valence electrons. The standard InChI is InChI=1S/C22H20Cl2O5/c1-28-20(26)22(21(27)29-2)18(13-3-7-15(23)8-4-13)11-17(25)12-19(22)14-5-9-16(24)10-6-14/h3-10,18-19H,11-12H2,1-2H3. The number of esters is 2. The van der Waals surface area contributed by atoms with Gasteiger partial charge in [0.2, 0.25) is 0 Å². The van der Waals surface area contributed by atoms with E-state index in [2.05, 4.69) is 0 Å². The summed E-state index contributed by atoms with van der Waals surface area (Å²) in [6.45, 7) is 0. The SMILES string of the molecule is COC(=O)C1(C(=O)OC)C(c2ccc(Cl)cc2)CC(=O)CC1c1ccc(Cl)cc1. The fraction of sp³-hybridized carbons (Fsp3) is 0.318. The van der Waals surface area contributed by atoms with Crippen molar-refractivity contribution in [3.05, 3.63) is 69.7 Å². The van der Waals surface area contributed by atoms with Gasteiger partial charge in [0.05, 0.1) is 14.2 Å². The van der Waals surface area contributed by atoms with E-state index in [0.717, 1.165) is 0 Å². The molecule has 0 bridgehead atoms. The summed E-state index contributed by atoms with van der Waals surface area (Å²) in [5.74, 6) is -3.06. The average molecular weight is 435 g/mol. The Kier molecular flexibility index (Phi) is 6.30. The van der Waals surface area contributed by atoms with Crippen molar-refractivity contribution in [2.75, 3.05) is 14.2 Å². The number of ketones is 1. The number of benzene rings is 2. The monoisotopic (exact) mass is 434 g/mol. The van der Waals surface area contributed by atoms with Gasteiger partial charge >= 0.3 is 11.9 Å². The lowest BCUT2D eigenvalue weighted by Crippen LogP contribution is -2.54. The molecule has 0 amide bonds. The predicted octanol–water partition coefficient (Wildman–Crippen LogP) is 4.56. The van der Waals surface area contributed by atoms with Crippen molar-refractivity contribution in [1.82, 2.24) is 0 Å². The molecule has 0 aliphatic heterocycles. The van der Waals surface area contributed by atoms with E-state index in [9.17, 15) is 14.4 Å². The lowest BCUT2D eigenvalue weighted by atomic mass is 9.56. The lowest BCUT2D eigenvalue weighted by molar-refractivity contribution is -0.175. The van der Waals surface area contributed by atoms with E-state index in [4.69, 9.17) is 32.7 Å². The molecule has 0 aromatic heterocycles. The first kappa shape index (κ1) is 21.3. The van der Waals surface area contributed by atoms with Crippen molar-refractivity contribution >= 4 is 40.9 Å². The van der Waals surface area contributed by atoms with Crippen molar-refractivity contribution in [3.63, 3.8) is 0 Å². The van der Waals surface area contributed by atoms with Crippen LogP contribution in [0.4, 0.5) is 0 Å². The molecule has 0 heterocycles. The molecule has 0 spiro atoms. The Labute approximate surface area is 178 Å². The Morgan fingerprint density at radius 2 is 1.14 bits per heavy atom. The van der Waals surface area contributed by atoms with Crippen molar-refractivity contribution in [2.45, 2.75) is 24.7 Å². The summed E-state index contributed by atoms with van der Waals surface area (Å²) in [6.07, 6.45) is 0.0197. The van der Waals surface area contributed by atoms with Crippen LogP contribution < -0.4 is 0 Å². The van der Waals surface area contributed by atoms with Crippen LogP contribution in [0.15, 0.2) is 48.5 Å². The minimum absolute atomic E-state index is 0.00984. The number of hydrogen-bond donors (Lipinski definition) is 0. The number of carbonyl (C=O) groups excluding carboxylic acids is 3. The fourth-order valence-corrected chi connectivity index (χ4v) is 4.50. The number of rotatable bonds is 4. The fourth-order valence-electron chi connectivity index (χ4n) is 4.25. The van der Waals surface area contributed by atoms with Crippen molar-refractivity contribution < 1.29 is 23.9 Å². The zero-order valence-electron chi connectivity index (χ0n) is 16.0. The Morgan fingerprint density at radius 1 is 0.793 bits per heavy atom. The molecule has 29 heavy (non-hydrogen) atoms. The first-order valence-corrected chi connectivity index (χ1v) is 9.79. The molecule has 1 fully saturated rings. The summed E-state index contributed by atoms with van der Waals surface area (Å²) in [5.41, 5.74) is -0.451. The molecule has 0 N–H and O–H groups in total. The quantitative estimate of drug-likeness (QED) is 0.521. The minimum Gasteiger partial charge on any atom is -0.468 e. The summed E-state index contributed by atoms with van der Waals surface area (Å²) in [5, 5.41) is 1.01. The molecular formula is C22H20Cl2O5. The highest BCUT2D eigenvalue weighted by Gasteiger charge is 2.63. The van der Waals surface area contributed by atoms with Gasteiger partial charge in [-0.2, -0.15) is 0 Å². The smallest absolute Gasteiger partial charge is 0.324 e. The molecule has 7 heteroatoms. The van der Waals surface area contributed by atoms with Crippen molar-refractivity contribution in [1.29, 1.82) is 0 Å². The van der Waals surface area contributed by atoms with Crippen LogP contribution in [0.2, 0.25) is 10.0 Å². The number of Topliss-reactive ketones (excluding diaryl/α,β-unsaturated/α-hetero) is 1. The molecule has 2 atom stereocenters. The summed E-state index contributed by atoms with van der Waals surface area (Å²) < 4.78 is 10.2. The van der Waals surface area contributed by atoms with Gasteiger partial charge in [-0.05, 0) is 35.4 Å². The molecule has 2 aromatic rings. The number of ether oxygens (including phenoxy) is 2.